The molecule has 0 atom stereocenters. The van der Waals surface area contributed by atoms with Crippen molar-refractivity contribution in [3.8, 4) is 28.7 Å². The Hall–Kier alpha value is -3.17. The Morgan fingerprint density at radius 1 is 1.13 bits per heavy atom. The fraction of sp³-hybridized carbons (Fsp3) is 0.0769. The molecule has 0 unspecified atom stereocenters. The van der Waals surface area contributed by atoms with Gasteiger partial charge in [-0.25, -0.2) is 9.97 Å². The van der Waals surface area contributed by atoms with Gasteiger partial charge in [-0.15, -0.1) is 0 Å². The van der Waals surface area contributed by atoms with Crippen LogP contribution in [0.15, 0.2) is 35.1 Å². The number of aromatic hydroxyl groups is 1. The lowest BCUT2D eigenvalue weighted by molar-refractivity contribution is -0.137. The third-order valence-electron chi connectivity index (χ3n) is 2.88. The first-order valence-corrected chi connectivity index (χ1v) is 6.17. The summed E-state index contributed by atoms with van der Waals surface area (Å²) >= 11 is 0. The van der Waals surface area contributed by atoms with Crippen LogP contribution in [0.5, 0.6) is 5.75 Å². The Kier molecular flexibility index (Phi) is 3.36. The van der Waals surface area contributed by atoms with Crippen molar-refractivity contribution >= 4 is 5.82 Å². The van der Waals surface area contributed by atoms with E-state index in [1.807, 2.05) is 0 Å². The summed E-state index contributed by atoms with van der Waals surface area (Å²) < 4.78 is 44.0. The smallest absolute Gasteiger partial charge is 0.417 e. The fourth-order valence-corrected chi connectivity index (χ4v) is 1.89. The zero-order valence-corrected chi connectivity index (χ0v) is 11.2. The van der Waals surface area contributed by atoms with Gasteiger partial charge >= 0.3 is 6.18 Å². The molecule has 0 aliphatic carbocycles. The Labute approximate surface area is 126 Å². The molecule has 0 aliphatic heterocycles. The van der Waals surface area contributed by atoms with Crippen LogP contribution in [-0.2, 0) is 6.18 Å². The van der Waals surface area contributed by atoms with E-state index in [4.69, 9.17) is 10.3 Å². The van der Waals surface area contributed by atoms with Gasteiger partial charge in [-0.05, 0) is 18.2 Å². The van der Waals surface area contributed by atoms with Gasteiger partial charge in [0.2, 0.25) is 5.82 Å². The number of halogens is 3. The number of phenolic OH excluding ortho intramolecular Hbond substituents is 1. The lowest BCUT2D eigenvalue weighted by Crippen LogP contribution is -2.07. The monoisotopic (exact) mass is 323 g/mol. The number of nitrogens with zero attached hydrogens (tertiary/aromatic N) is 4. The molecule has 1 aromatic carbocycles. The summed E-state index contributed by atoms with van der Waals surface area (Å²) in [4.78, 5) is 11.4. The Morgan fingerprint density at radius 2 is 1.91 bits per heavy atom. The van der Waals surface area contributed by atoms with E-state index in [0.717, 1.165) is 24.5 Å². The summed E-state index contributed by atoms with van der Waals surface area (Å²) in [5, 5.41) is 13.0. The summed E-state index contributed by atoms with van der Waals surface area (Å²) in [6.07, 6.45) is -3.48. The zero-order chi connectivity index (χ0) is 16.6. The highest BCUT2D eigenvalue weighted by Crippen LogP contribution is 2.38. The van der Waals surface area contributed by atoms with Crippen LogP contribution in [0.4, 0.5) is 19.0 Å². The summed E-state index contributed by atoms with van der Waals surface area (Å²) in [5.74, 6) is -0.667. The minimum atomic E-state index is -4.64. The first-order chi connectivity index (χ1) is 10.8. The molecule has 0 amide bonds. The third-order valence-corrected chi connectivity index (χ3v) is 2.88. The van der Waals surface area contributed by atoms with Gasteiger partial charge in [0.05, 0.1) is 11.1 Å². The summed E-state index contributed by atoms with van der Waals surface area (Å²) in [5.41, 5.74) is 4.25. The fourth-order valence-electron chi connectivity index (χ4n) is 1.89. The minimum Gasteiger partial charge on any atom is -0.508 e. The number of hydrogen-bond donors (Lipinski definition) is 2. The molecular weight excluding hydrogens is 315 g/mol. The highest BCUT2D eigenvalue weighted by atomic mass is 19.4. The zero-order valence-electron chi connectivity index (χ0n) is 11.2. The molecule has 0 radical (unpaired) electrons. The maximum absolute atomic E-state index is 13.0. The SMILES string of the molecule is Nc1cc(-c2noc(-c3cc(O)ccc3C(F)(F)F)n2)ncn1. The van der Waals surface area contributed by atoms with Gasteiger partial charge in [0, 0.05) is 6.07 Å². The van der Waals surface area contributed by atoms with Crippen molar-refractivity contribution < 1.29 is 22.8 Å². The topological polar surface area (TPSA) is 111 Å². The maximum Gasteiger partial charge on any atom is 0.417 e. The van der Waals surface area contributed by atoms with Crippen molar-refractivity contribution in [2.24, 2.45) is 0 Å². The van der Waals surface area contributed by atoms with E-state index in [-0.39, 0.29) is 23.1 Å². The van der Waals surface area contributed by atoms with E-state index >= 15 is 0 Å². The molecule has 3 N–H and O–H groups in total. The lowest BCUT2D eigenvalue weighted by atomic mass is 10.1. The number of nitrogens with two attached hydrogens (primary N) is 1. The van der Waals surface area contributed by atoms with E-state index < -0.39 is 23.2 Å². The van der Waals surface area contributed by atoms with Crippen LogP contribution in [0.1, 0.15) is 5.56 Å². The van der Waals surface area contributed by atoms with Gasteiger partial charge in [0.25, 0.3) is 5.89 Å². The number of nitrogen functional groups attached to an aromatic ring is 1. The van der Waals surface area contributed by atoms with Crippen LogP contribution in [-0.4, -0.2) is 25.2 Å². The molecule has 2 heterocycles. The number of hydrogen-bond acceptors (Lipinski definition) is 7. The molecular formula is C13H8F3N5O2. The van der Waals surface area contributed by atoms with E-state index in [9.17, 15) is 18.3 Å². The first kappa shape index (κ1) is 14.8. The van der Waals surface area contributed by atoms with Crippen LogP contribution < -0.4 is 5.73 Å². The number of alkyl halides is 3. The van der Waals surface area contributed by atoms with Gasteiger partial charge < -0.3 is 15.4 Å². The Balaban J connectivity index is 2.09. The van der Waals surface area contributed by atoms with Gasteiger partial charge in [-0.1, -0.05) is 5.16 Å². The lowest BCUT2D eigenvalue weighted by Gasteiger charge is -2.10. The quantitative estimate of drug-likeness (QED) is 0.745. The molecule has 0 saturated heterocycles. The maximum atomic E-state index is 13.0. The predicted octanol–water partition coefficient (Wildman–Crippen LogP) is 2.50. The molecule has 0 spiro atoms. The van der Waals surface area contributed by atoms with Crippen LogP contribution in [0.2, 0.25) is 0 Å². The molecule has 118 valence electrons. The van der Waals surface area contributed by atoms with Gasteiger partial charge in [0.15, 0.2) is 0 Å². The van der Waals surface area contributed by atoms with Crippen LogP contribution >= 0.6 is 0 Å². The van der Waals surface area contributed by atoms with Crippen molar-refractivity contribution in [2.75, 3.05) is 5.73 Å². The van der Waals surface area contributed by atoms with E-state index in [2.05, 4.69) is 20.1 Å². The van der Waals surface area contributed by atoms with E-state index in [1.165, 1.54) is 6.07 Å². The molecule has 0 aliphatic rings. The van der Waals surface area contributed by atoms with Crippen molar-refractivity contribution in [1.82, 2.24) is 20.1 Å². The van der Waals surface area contributed by atoms with Crippen molar-refractivity contribution in [3.05, 3.63) is 36.2 Å². The second kappa shape index (κ2) is 5.23. The standard InChI is InChI=1S/C13H8F3N5O2/c14-13(15,16)8-2-1-6(22)3-7(8)12-20-11(21-23-12)9-4-10(17)19-5-18-9/h1-5,22H,(H2,17,18,19). The Morgan fingerprint density at radius 3 is 2.61 bits per heavy atom. The average molecular weight is 323 g/mol. The minimum absolute atomic E-state index is 0.0504. The molecule has 10 heteroatoms. The third kappa shape index (κ3) is 2.91. The van der Waals surface area contributed by atoms with Crippen molar-refractivity contribution in [1.29, 1.82) is 0 Å². The number of anilines is 1. The van der Waals surface area contributed by atoms with Crippen LogP contribution in [0.3, 0.4) is 0 Å². The molecule has 23 heavy (non-hydrogen) atoms. The average Bonchev–Trinajstić information content (AvgIpc) is 2.95. The second-order valence-electron chi connectivity index (χ2n) is 4.48. The molecule has 3 aromatic rings. The first-order valence-electron chi connectivity index (χ1n) is 6.17. The van der Waals surface area contributed by atoms with Gasteiger partial charge in [-0.2, -0.15) is 18.2 Å². The van der Waals surface area contributed by atoms with Crippen LogP contribution in [0.25, 0.3) is 23.0 Å². The number of rotatable bonds is 2. The summed E-state index contributed by atoms with van der Waals surface area (Å²) in [6.45, 7) is 0. The van der Waals surface area contributed by atoms with Crippen LogP contribution in [0, 0.1) is 0 Å². The van der Waals surface area contributed by atoms with Crippen molar-refractivity contribution in [3.63, 3.8) is 0 Å². The second-order valence-corrected chi connectivity index (χ2v) is 4.48. The normalized spacial score (nSPS) is 11.6. The molecule has 2 aromatic heterocycles. The number of aromatic nitrogens is 4. The highest BCUT2D eigenvalue weighted by Gasteiger charge is 2.35. The molecule has 0 bridgehead atoms. The predicted molar refractivity (Wildman–Crippen MR) is 71.8 cm³/mol. The van der Waals surface area contributed by atoms with Gasteiger partial charge in [-0.3, -0.25) is 0 Å². The molecule has 0 saturated carbocycles. The van der Waals surface area contributed by atoms with E-state index in [0.29, 0.717) is 0 Å². The highest BCUT2D eigenvalue weighted by molar-refractivity contribution is 5.64. The molecule has 0 fully saturated rings. The van der Waals surface area contributed by atoms with Crippen molar-refractivity contribution in [2.45, 2.75) is 6.18 Å². The largest absolute Gasteiger partial charge is 0.508 e. The number of benzene rings is 1. The van der Waals surface area contributed by atoms with E-state index in [1.54, 1.807) is 0 Å². The summed E-state index contributed by atoms with van der Waals surface area (Å²) in [6, 6.07) is 3.90. The Bertz CT molecular complexity index is 863. The van der Waals surface area contributed by atoms with Gasteiger partial charge in [0.1, 0.15) is 23.6 Å². The number of phenols is 1. The summed E-state index contributed by atoms with van der Waals surface area (Å²) in [7, 11) is 0. The molecule has 3 rings (SSSR count). The molecule has 7 nitrogen and oxygen atoms in total.